The van der Waals surface area contributed by atoms with Crippen LogP contribution < -0.4 is 5.73 Å². The van der Waals surface area contributed by atoms with Gasteiger partial charge in [0.2, 0.25) is 5.91 Å². The highest BCUT2D eigenvalue weighted by Crippen LogP contribution is 2.19. The molecule has 0 spiro atoms. The quantitative estimate of drug-likeness (QED) is 0.699. The molecule has 0 heterocycles. The largest absolute Gasteiger partial charge is 0.369 e. The van der Waals surface area contributed by atoms with Crippen molar-refractivity contribution >= 4 is 18.5 Å². The lowest BCUT2D eigenvalue weighted by molar-refractivity contribution is -0.117. The van der Waals surface area contributed by atoms with E-state index in [2.05, 4.69) is 12.6 Å². The lowest BCUT2D eigenvalue weighted by atomic mass is 10.1. The normalized spacial score (nSPS) is 10.1. The van der Waals surface area contributed by atoms with Crippen LogP contribution in [0.2, 0.25) is 0 Å². The number of hydrogen-bond donors (Lipinski definition) is 2. The third-order valence-electron chi connectivity index (χ3n) is 1.52. The van der Waals surface area contributed by atoms with E-state index in [1.165, 1.54) is 6.07 Å². The first-order valence-electron chi connectivity index (χ1n) is 3.46. The highest BCUT2D eigenvalue weighted by Gasteiger charge is 2.13. The zero-order valence-corrected chi connectivity index (χ0v) is 7.44. The number of benzene rings is 1. The van der Waals surface area contributed by atoms with Crippen LogP contribution >= 0.6 is 12.6 Å². The average molecular weight is 203 g/mol. The zero-order chi connectivity index (χ0) is 10.0. The van der Waals surface area contributed by atoms with Crippen molar-refractivity contribution in [2.75, 3.05) is 0 Å². The summed E-state index contributed by atoms with van der Waals surface area (Å²) in [7, 11) is 0. The molecule has 1 rings (SSSR count). The summed E-state index contributed by atoms with van der Waals surface area (Å²) in [6.45, 7) is 0. The number of halogens is 2. The van der Waals surface area contributed by atoms with E-state index in [-0.39, 0.29) is 10.5 Å². The molecule has 1 aromatic carbocycles. The van der Waals surface area contributed by atoms with Gasteiger partial charge in [0.15, 0.2) is 0 Å². The summed E-state index contributed by atoms with van der Waals surface area (Å²) in [6.07, 6.45) is -0.452. The highest BCUT2D eigenvalue weighted by molar-refractivity contribution is 7.80. The SMILES string of the molecule is NC(=O)Cc1c(F)ccc(S)c1F. The van der Waals surface area contributed by atoms with Gasteiger partial charge in [-0.05, 0) is 12.1 Å². The van der Waals surface area contributed by atoms with Gasteiger partial charge in [0.05, 0.1) is 6.42 Å². The summed E-state index contributed by atoms with van der Waals surface area (Å²) in [5.74, 6) is -2.40. The van der Waals surface area contributed by atoms with Gasteiger partial charge in [-0.25, -0.2) is 8.78 Å². The Hall–Kier alpha value is -1.10. The molecule has 1 amide bonds. The molecule has 0 aliphatic heterocycles. The van der Waals surface area contributed by atoms with Gasteiger partial charge in [-0.15, -0.1) is 12.6 Å². The number of amides is 1. The molecule has 0 saturated carbocycles. The maximum absolute atomic E-state index is 13.1. The maximum atomic E-state index is 13.1. The Balaban J connectivity index is 3.17. The third kappa shape index (κ3) is 2.18. The van der Waals surface area contributed by atoms with Gasteiger partial charge in [0.25, 0.3) is 0 Å². The van der Waals surface area contributed by atoms with E-state index in [1.54, 1.807) is 0 Å². The number of hydrogen-bond acceptors (Lipinski definition) is 2. The molecule has 13 heavy (non-hydrogen) atoms. The minimum Gasteiger partial charge on any atom is -0.369 e. The second-order valence-electron chi connectivity index (χ2n) is 2.50. The van der Waals surface area contributed by atoms with Crippen LogP contribution in [0.25, 0.3) is 0 Å². The van der Waals surface area contributed by atoms with Gasteiger partial charge in [0.1, 0.15) is 11.6 Å². The first-order chi connectivity index (χ1) is 6.02. The first-order valence-corrected chi connectivity index (χ1v) is 3.91. The van der Waals surface area contributed by atoms with Gasteiger partial charge in [-0.1, -0.05) is 0 Å². The van der Waals surface area contributed by atoms with Crippen molar-refractivity contribution in [3.8, 4) is 0 Å². The Bertz CT molecular complexity index is 354. The molecular weight excluding hydrogens is 196 g/mol. The summed E-state index contributed by atoms with van der Waals surface area (Å²) < 4.78 is 26.0. The summed E-state index contributed by atoms with van der Waals surface area (Å²) in [6, 6.07) is 2.22. The molecule has 0 aliphatic rings. The average Bonchev–Trinajstić information content (AvgIpc) is 2.05. The van der Waals surface area contributed by atoms with E-state index < -0.39 is 24.0 Å². The van der Waals surface area contributed by atoms with E-state index in [0.717, 1.165) is 6.07 Å². The van der Waals surface area contributed by atoms with Crippen LogP contribution in [0.3, 0.4) is 0 Å². The minimum atomic E-state index is -0.831. The second-order valence-corrected chi connectivity index (χ2v) is 2.98. The minimum absolute atomic E-state index is 0.00218. The fourth-order valence-corrected chi connectivity index (χ4v) is 1.13. The molecular formula is C8H7F2NOS. The first kappa shape index (κ1) is 9.98. The highest BCUT2D eigenvalue weighted by atomic mass is 32.1. The molecule has 0 aliphatic carbocycles. The van der Waals surface area contributed by atoms with Crippen LogP contribution in [-0.2, 0) is 11.2 Å². The molecule has 0 aromatic heterocycles. The number of primary amides is 1. The fourth-order valence-electron chi connectivity index (χ4n) is 0.922. The molecule has 2 nitrogen and oxygen atoms in total. The number of carbonyl (C=O) groups excluding carboxylic acids is 1. The summed E-state index contributed by atoms with van der Waals surface area (Å²) >= 11 is 3.74. The molecule has 0 fully saturated rings. The van der Waals surface area contributed by atoms with Gasteiger partial charge < -0.3 is 5.73 Å². The number of nitrogens with two attached hydrogens (primary N) is 1. The van der Waals surface area contributed by atoms with Gasteiger partial charge in [-0.3, -0.25) is 4.79 Å². The van der Waals surface area contributed by atoms with E-state index in [4.69, 9.17) is 5.73 Å². The molecule has 1 aromatic rings. The van der Waals surface area contributed by atoms with Gasteiger partial charge >= 0.3 is 0 Å². The van der Waals surface area contributed by atoms with Crippen molar-refractivity contribution < 1.29 is 13.6 Å². The molecule has 0 atom stereocenters. The molecule has 0 unspecified atom stereocenters. The summed E-state index contributed by atoms with van der Waals surface area (Å²) in [5, 5.41) is 0. The predicted octanol–water partition coefficient (Wildman–Crippen LogP) is 1.28. The molecule has 0 radical (unpaired) electrons. The second kappa shape index (κ2) is 3.74. The third-order valence-corrected chi connectivity index (χ3v) is 1.86. The topological polar surface area (TPSA) is 43.1 Å². The summed E-state index contributed by atoms with van der Waals surface area (Å²) in [4.78, 5) is 10.4. The van der Waals surface area contributed by atoms with Crippen LogP contribution in [0.5, 0.6) is 0 Å². The smallest absolute Gasteiger partial charge is 0.222 e. The zero-order valence-electron chi connectivity index (χ0n) is 6.55. The van der Waals surface area contributed by atoms with E-state index >= 15 is 0 Å². The van der Waals surface area contributed by atoms with Crippen molar-refractivity contribution in [2.24, 2.45) is 5.73 Å². The van der Waals surface area contributed by atoms with Crippen molar-refractivity contribution in [2.45, 2.75) is 11.3 Å². The Labute approximate surface area is 79.1 Å². The van der Waals surface area contributed by atoms with Crippen LogP contribution in [0.1, 0.15) is 5.56 Å². The Morgan fingerprint density at radius 2 is 2.08 bits per heavy atom. The van der Waals surface area contributed by atoms with Crippen molar-refractivity contribution in [1.82, 2.24) is 0 Å². The van der Waals surface area contributed by atoms with E-state index in [1.807, 2.05) is 0 Å². The lowest BCUT2D eigenvalue weighted by Gasteiger charge is -2.03. The van der Waals surface area contributed by atoms with Crippen molar-refractivity contribution in [3.05, 3.63) is 29.3 Å². The monoisotopic (exact) mass is 203 g/mol. The van der Waals surface area contributed by atoms with Crippen molar-refractivity contribution in [1.29, 1.82) is 0 Å². The van der Waals surface area contributed by atoms with E-state index in [9.17, 15) is 13.6 Å². The number of thiol groups is 1. The number of rotatable bonds is 2. The Kier molecular flexibility index (Phi) is 2.87. The van der Waals surface area contributed by atoms with E-state index in [0.29, 0.717) is 0 Å². The maximum Gasteiger partial charge on any atom is 0.222 e. The van der Waals surface area contributed by atoms with Crippen LogP contribution in [0, 0.1) is 11.6 Å². The van der Waals surface area contributed by atoms with Crippen molar-refractivity contribution in [3.63, 3.8) is 0 Å². The Morgan fingerprint density at radius 3 is 2.62 bits per heavy atom. The van der Waals surface area contributed by atoms with Crippen LogP contribution in [0.15, 0.2) is 17.0 Å². The number of carbonyl (C=O) groups is 1. The summed E-state index contributed by atoms with van der Waals surface area (Å²) in [5.41, 5.74) is 4.48. The van der Waals surface area contributed by atoms with Crippen LogP contribution in [0.4, 0.5) is 8.78 Å². The molecule has 2 N–H and O–H groups in total. The molecule has 5 heteroatoms. The molecule has 0 saturated heterocycles. The Morgan fingerprint density at radius 1 is 1.46 bits per heavy atom. The molecule has 70 valence electrons. The standard InChI is InChI=1S/C8H7F2NOS/c9-5-1-2-6(13)8(10)4(5)3-7(11)12/h1-2,13H,3H2,(H2,11,12). The van der Waals surface area contributed by atoms with Crippen LogP contribution in [-0.4, -0.2) is 5.91 Å². The predicted molar refractivity (Wildman–Crippen MR) is 46.5 cm³/mol. The van der Waals surface area contributed by atoms with Gasteiger partial charge in [-0.2, -0.15) is 0 Å². The fraction of sp³-hybridized carbons (Fsp3) is 0.125. The van der Waals surface area contributed by atoms with Gasteiger partial charge in [0, 0.05) is 10.5 Å². The lowest BCUT2D eigenvalue weighted by Crippen LogP contribution is -2.16. The molecule has 0 bridgehead atoms.